The summed E-state index contributed by atoms with van der Waals surface area (Å²) >= 11 is 0. The van der Waals surface area contributed by atoms with Crippen molar-refractivity contribution >= 4 is 5.69 Å². The first-order valence-electron chi connectivity index (χ1n) is 4.33. The van der Waals surface area contributed by atoms with Gasteiger partial charge >= 0.3 is 0 Å². The van der Waals surface area contributed by atoms with E-state index in [1.165, 1.54) is 6.20 Å². The molecular formula is C9H12N2O2. The molecule has 0 unspecified atom stereocenters. The molecule has 0 N–H and O–H groups in total. The standard InChI is InChI=1S/C9H12N2O2/c1-2-3-4-8-5-6-10-7-9(8)11(12)13/h5-7H,2-4H2,1H3. The van der Waals surface area contributed by atoms with Crippen LogP contribution in [-0.2, 0) is 6.42 Å². The fourth-order valence-electron chi connectivity index (χ4n) is 1.16. The van der Waals surface area contributed by atoms with Crippen molar-refractivity contribution in [1.82, 2.24) is 4.98 Å². The molecule has 0 aliphatic carbocycles. The number of nitrogens with zero attached hydrogens (tertiary/aromatic N) is 2. The van der Waals surface area contributed by atoms with Crippen molar-refractivity contribution < 1.29 is 4.92 Å². The summed E-state index contributed by atoms with van der Waals surface area (Å²) in [5, 5.41) is 10.6. The zero-order valence-corrected chi connectivity index (χ0v) is 7.56. The van der Waals surface area contributed by atoms with Gasteiger partial charge in [0, 0.05) is 11.8 Å². The third-order valence-electron chi connectivity index (χ3n) is 1.88. The molecule has 0 aromatic carbocycles. The molecule has 0 atom stereocenters. The fourth-order valence-corrected chi connectivity index (χ4v) is 1.16. The average molecular weight is 180 g/mol. The van der Waals surface area contributed by atoms with Crippen LogP contribution >= 0.6 is 0 Å². The number of aryl methyl sites for hydroxylation is 1. The maximum atomic E-state index is 10.6. The van der Waals surface area contributed by atoms with E-state index in [1.54, 1.807) is 12.3 Å². The summed E-state index contributed by atoms with van der Waals surface area (Å²) in [6.07, 6.45) is 5.68. The highest BCUT2D eigenvalue weighted by atomic mass is 16.6. The smallest absolute Gasteiger partial charge is 0.258 e. The van der Waals surface area contributed by atoms with Crippen LogP contribution in [0.1, 0.15) is 25.3 Å². The van der Waals surface area contributed by atoms with Gasteiger partial charge in [-0.3, -0.25) is 15.1 Å². The van der Waals surface area contributed by atoms with E-state index in [0.29, 0.717) is 0 Å². The van der Waals surface area contributed by atoms with Crippen LogP contribution in [-0.4, -0.2) is 9.91 Å². The monoisotopic (exact) mass is 180 g/mol. The Morgan fingerprint density at radius 1 is 1.62 bits per heavy atom. The summed E-state index contributed by atoms with van der Waals surface area (Å²) in [6.45, 7) is 2.06. The molecule has 0 saturated carbocycles. The van der Waals surface area contributed by atoms with E-state index >= 15 is 0 Å². The summed E-state index contributed by atoms with van der Waals surface area (Å²) in [5.41, 5.74) is 0.915. The maximum absolute atomic E-state index is 10.6. The number of aromatic nitrogens is 1. The molecule has 0 aliphatic heterocycles. The second kappa shape index (κ2) is 4.54. The lowest BCUT2D eigenvalue weighted by molar-refractivity contribution is -0.385. The first kappa shape index (κ1) is 9.64. The Kier molecular flexibility index (Phi) is 3.37. The predicted molar refractivity (Wildman–Crippen MR) is 49.5 cm³/mol. The molecule has 0 radical (unpaired) electrons. The Bertz CT molecular complexity index is 299. The SMILES string of the molecule is CCCCc1ccncc1[N+](=O)[O-]. The fraction of sp³-hybridized carbons (Fsp3) is 0.444. The maximum Gasteiger partial charge on any atom is 0.290 e. The second-order valence-corrected chi connectivity index (χ2v) is 2.87. The Morgan fingerprint density at radius 3 is 3.00 bits per heavy atom. The summed E-state index contributed by atoms with van der Waals surface area (Å²) in [4.78, 5) is 13.9. The van der Waals surface area contributed by atoms with Crippen LogP contribution in [0.3, 0.4) is 0 Å². The van der Waals surface area contributed by atoms with Gasteiger partial charge in [-0.25, -0.2) is 0 Å². The topological polar surface area (TPSA) is 56.0 Å². The van der Waals surface area contributed by atoms with Gasteiger partial charge in [0.1, 0.15) is 6.20 Å². The molecule has 4 heteroatoms. The number of pyridine rings is 1. The first-order valence-corrected chi connectivity index (χ1v) is 4.33. The van der Waals surface area contributed by atoms with Crippen LogP contribution in [0.4, 0.5) is 5.69 Å². The Hall–Kier alpha value is -1.45. The van der Waals surface area contributed by atoms with E-state index in [-0.39, 0.29) is 10.6 Å². The highest BCUT2D eigenvalue weighted by Crippen LogP contribution is 2.17. The van der Waals surface area contributed by atoms with Gasteiger partial charge in [0.15, 0.2) is 0 Å². The molecule has 1 heterocycles. The van der Waals surface area contributed by atoms with E-state index in [2.05, 4.69) is 11.9 Å². The Morgan fingerprint density at radius 2 is 2.38 bits per heavy atom. The van der Waals surface area contributed by atoms with Gasteiger partial charge in [-0.05, 0) is 18.9 Å². The van der Waals surface area contributed by atoms with Crippen LogP contribution in [0, 0.1) is 10.1 Å². The lowest BCUT2D eigenvalue weighted by atomic mass is 10.1. The Labute approximate surface area is 76.8 Å². The van der Waals surface area contributed by atoms with Crippen molar-refractivity contribution in [2.75, 3.05) is 0 Å². The highest BCUT2D eigenvalue weighted by Gasteiger charge is 2.11. The van der Waals surface area contributed by atoms with E-state index in [4.69, 9.17) is 0 Å². The van der Waals surface area contributed by atoms with Crippen LogP contribution in [0.2, 0.25) is 0 Å². The lowest BCUT2D eigenvalue weighted by Crippen LogP contribution is -1.96. The highest BCUT2D eigenvalue weighted by molar-refractivity contribution is 5.36. The molecule has 1 aromatic rings. The van der Waals surface area contributed by atoms with Gasteiger partial charge in [0.25, 0.3) is 5.69 Å². The molecule has 70 valence electrons. The van der Waals surface area contributed by atoms with Gasteiger partial charge in [0.2, 0.25) is 0 Å². The molecule has 0 saturated heterocycles. The van der Waals surface area contributed by atoms with Gasteiger partial charge < -0.3 is 0 Å². The van der Waals surface area contributed by atoms with E-state index in [0.717, 1.165) is 24.8 Å². The minimum Gasteiger partial charge on any atom is -0.258 e. The molecule has 0 aliphatic rings. The van der Waals surface area contributed by atoms with Crippen molar-refractivity contribution in [3.63, 3.8) is 0 Å². The number of rotatable bonds is 4. The molecule has 0 fully saturated rings. The third kappa shape index (κ3) is 2.50. The van der Waals surface area contributed by atoms with E-state index in [1.807, 2.05) is 0 Å². The van der Waals surface area contributed by atoms with Crippen molar-refractivity contribution in [3.8, 4) is 0 Å². The van der Waals surface area contributed by atoms with E-state index < -0.39 is 0 Å². The summed E-state index contributed by atoms with van der Waals surface area (Å²) in [6, 6.07) is 1.72. The van der Waals surface area contributed by atoms with Gasteiger partial charge in [-0.2, -0.15) is 0 Å². The van der Waals surface area contributed by atoms with Gasteiger partial charge in [0.05, 0.1) is 4.92 Å². The zero-order valence-electron chi connectivity index (χ0n) is 7.56. The molecular weight excluding hydrogens is 168 g/mol. The first-order chi connectivity index (χ1) is 6.25. The molecule has 0 amide bonds. The quantitative estimate of drug-likeness (QED) is 0.527. The number of hydrogen-bond acceptors (Lipinski definition) is 3. The van der Waals surface area contributed by atoms with Crippen molar-refractivity contribution in [1.29, 1.82) is 0 Å². The minimum atomic E-state index is -0.377. The molecule has 4 nitrogen and oxygen atoms in total. The van der Waals surface area contributed by atoms with Gasteiger partial charge in [-0.1, -0.05) is 13.3 Å². The zero-order chi connectivity index (χ0) is 9.68. The minimum absolute atomic E-state index is 0.135. The van der Waals surface area contributed by atoms with Crippen molar-refractivity contribution in [2.45, 2.75) is 26.2 Å². The second-order valence-electron chi connectivity index (χ2n) is 2.87. The number of nitro groups is 1. The van der Waals surface area contributed by atoms with Crippen molar-refractivity contribution in [3.05, 3.63) is 34.1 Å². The number of hydrogen-bond donors (Lipinski definition) is 0. The molecule has 0 bridgehead atoms. The molecule has 1 aromatic heterocycles. The molecule has 13 heavy (non-hydrogen) atoms. The normalized spacial score (nSPS) is 9.92. The summed E-state index contributed by atoms with van der Waals surface area (Å²) < 4.78 is 0. The van der Waals surface area contributed by atoms with E-state index in [9.17, 15) is 10.1 Å². The number of unbranched alkanes of at least 4 members (excludes halogenated alkanes) is 1. The van der Waals surface area contributed by atoms with Crippen LogP contribution in [0.5, 0.6) is 0 Å². The largest absolute Gasteiger partial charge is 0.290 e. The van der Waals surface area contributed by atoms with Crippen LogP contribution in [0.25, 0.3) is 0 Å². The third-order valence-corrected chi connectivity index (χ3v) is 1.88. The lowest BCUT2D eigenvalue weighted by Gasteiger charge is -1.99. The molecule has 1 rings (SSSR count). The summed E-state index contributed by atoms with van der Waals surface area (Å²) in [5.74, 6) is 0. The van der Waals surface area contributed by atoms with Crippen molar-refractivity contribution in [2.24, 2.45) is 0 Å². The predicted octanol–water partition coefficient (Wildman–Crippen LogP) is 2.33. The van der Waals surface area contributed by atoms with Crippen LogP contribution in [0.15, 0.2) is 18.5 Å². The average Bonchev–Trinajstić information content (AvgIpc) is 2.15. The summed E-state index contributed by atoms with van der Waals surface area (Å²) in [7, 11) is 0. The Balaban J connectivity index is 2.84. The van der Waals surface area contributed by atoms with Gasteiger partial charge in [-0.15, -0.1) is 0 Å². The van der Waals surface area contributed by atoms with Crippen LogP contribution < -0.4 is 0 Å². The molecule has 0 spiro atoms.